The lowest BCUT2D eigenvalue weighted by molar-refractivity contribution is -0.383. The molecule has 21 heavy (non-hydrogen) atoms. The summed E-state index contributed by atoms with van der Waals surface area (Å²) in [5.74, 6) is 0. The Labute approximate surface area is 121 Å². The summed E-state index contributed by atoms with van der Waals surface area (Å²) in [7, 11) is 0. The number of anilines is 1. The molecule has 0 aliphatic carbocycles. The molecule has 2 heterocycles. The van der Waals surface area contributed by atoms with Crippen molar-refractivity contribution >= 4 is 22.1 Å². The van der Waals surface area contributed by atoms with Crippen LogP contribution in [0, 0.1) is 24.0 Å². The first-order chi connectivity index (χ1) is 10.1. The zero-order valence-electron chi connectivity index (χ0n) is 11.7. The Morgan fingerprint density at radius 2 is 1.81 bits per heavy atom. The van der Waals surface area contributed by atoms with Crippen molar-refractivity contribution in [3.05, 3.63) is 64.2 Å². The molecule has 106 valence electrons. The third-order valence-electron chi connectivity index (χ3n) is 3.50. The quantitative estimate of drug-likeness (QED) is 0.590. The van der Waals surface area contributed by atoms with E-state index >= 15 is 0 Å². The molecular weight excluding hydrogens is 268 g/mol. The van der Waals surface area contributed by atoms with Crippen LogP contribution in [0.15, 0.2) is 42.7 Å². The number of aromatic nitrogens is 2. The van der Waals surface area contributed by atoms with Crippen LogP contribution in [0.1, 0.15) is 11.4 Å². The van der Waals surface area contributed by atoms with Crippen molar-refractivity contribution in [2.45, 2.75) is 13.8 Å². The van der Waals surface area contributed by atoms with E-state index in [9.17, 15) is 10.1 Å². The predicted octanol–water partition coefficient (Wildman–Crippen LogP) is 3.44. The van der Waals surface area contributed by atoms with Crippen molar-refractivity contribution in [2.75, 3.05) is 5.43 Å². The van der Waals surface area contributed by atoms with Gasteiger partial charge in [-0.3, -0.25) is 25.2 Å². The van der Waals surface area contributed by atoms with Gasteiger partial charge in [-0.05, 0) is 38.1 Å². The van der Waals surface area contributed by atoms with Crippen LogP contribution in [0.4, 0.5) is 11.4 Å². The molecule has 6 nitrogen and oxygen atoms in total. The van der Waals surface area contributed by atoms with Gasteiger partial charge < -0.3 is 0 Å². The topological polar surface area (TPSA) is 73.0 Å². The number of nitro benzene ring substituents is 1. The minimum absolute atomic E-state index is 0.0823. The van der Waals surface area contributed by atoms with Crippen molar-refractivity contribution in [3.8, 4) is 0 Å². The van der Waals surface area contributed by atoms with Crippen LogP contribution in [0.2, 0.25) is 0 Å². The number of nitrogens with one attached hydrogen (secondary N) is 1. The first-order valence-electron chi connectivity index (χ1n) is 6.51. The first-order valence-corrected chi connectivity index (χ1v) is 6.51. The first kappa shape index (κ1) is 13.1. The lowest BCUT2D eigenvalue weighted by Crippen LogP contribution is -2.12. The van der Waals surface area contributed by atoms with Crippen LogP contribution in [-0.4, -0.2) is 14.6 Å². The number of rotatable bonds is 3. The number of aryl methyl sites for hydroxylation is 2. The van der Waals surface area contributed by atoms with Crippen molar-refractivity contribution in [1.29, 1.82) is 0 Å². The molecule has 0 atom stereocenters. The maximum absolute atomic E-state index is 11.1. The largest absolute Gasteiger partial charge is 0.294 e. The van der Waals surface area contributed by atoms with Crippen molar-refractivity contribution in [2.24, 2.45) is 0 Å². The molecule has 3 rings (SSSR count). The maximum atomic E-state index is 11.1. The fourth-order valence-electron chi connectivity index (χ4n) is 2.40. The molecule has 0 bridgehead atoms. The summed E-state index contributed by atoms with van der Waals surface area (Å²) in [6.07, 6.45) is 3.20. The van der Waals surface area contributed by atoms with E-state index < -0.39 is 0 Å². The molecule has 0 saturated heterocycles. The van der Waals surface area contributed by atoms with E-state index in [2.05, 4.69) is 10.4 Å². The SMILES string of the molecule is Cc1ccc(C)n1Nc1ccc([N+](=O)[O-])c2ccncc12. The summed E-state index contributed by atoms with van der Waals surface area (Å²) >= 11 is 0. The van der Waals surface area contributed by atoms with Gasteiger partial charge in [0.15, 0.2) is 0 Å². The molecule has 3 aromatic rings. The van der Waals surface area contributed by atoms with Crippen LogP contribution in [0.3, 0.4) is 0 Å². The van der Waals surface area contributed by atoms with Crippen LogP contribution in [0.5, 0.6) is 0 Å². The van der Waals surface area contributed by atoms with E-state index in [1.165, 1.54) is 6.07 Å². The van der Waals surface area contributed by atoms with E-state index in [1.54, 1.807) is 24.5 Å². The normalized spacial score (nSPS) is 10.8. The summed E-state index contributed by atoms with van der Waals surface area (Å²) in [6, 6.07) is 8.90. The zero-order chi connectivity index (χ0) is 15.0. The van der Waals surface area contributed by atoms with Crippen LogP contribution >= 0.6 is 0 Å². The molecular formula is C15H14N4O2. The number of benzene rings is 1. The average molecular weight is 282 g/mol. The summed E-state index contributed by atoms with van der Waals surface area (Å²) in [5.41, 5.74) is 6.27. The van der Waals surface area contributed by atoms with Gasteiger partial charge in [0.2, 0.25) is 0 Å². The molecule has 2 aromatic heterocycles. The van der Waals surface area contributed by atoms with Gasteiger partial charge in [0.1, 0.15) is 0 Å². The maximum Gasteiger partial charge on any atom is 0.277 e. The number of fused-ring (bicyclic) bond motifs is 1. The number of hydrogen-bond donors (Lipinski definition) is 1. The molecule has 0 unspecified atom stereocenters. The van der Waals surface area contributed by atoms with Crippen molar-refractivity contribution < 1.29 is 4.92 Å². The molecule has 0 aliphatic heterocycles. The Morgan fingerprint density at radius 3 is 2.48 bits per heavy atom. The van der Waals surface area contributed by atoms with E-state index in [0.29, 0.717) is 5.39 Å². The summed E-state index contributed by atoms with van der Waals surface area (Å²) < 4.78 is 1.94. The van der Waals surface area contributed by atoms with Crippen LogP contribution < -0.4 is 5.43 Å². The van der Waals surface area contributed by atoms with Gasteiger partial charge in [-0.25, -0.2) is 0 Å². The minimum atomic E-state index is -0.377. The van der Waals surface area contributed by atoms with Gasteiger partial charge in [-0.1, -0.05) is 0 Å². The van der Waals surface area contributed by atoms with Gasteiger partial charge in [0, 0.05) is 35.2 Å². The molecule has 0 amide bonds. The summed E-state index contributed by atoms with van der Waals surface area (Å²) in [4.78, 5) is 14.8. The summed E-state index contributed by atoms with van der Waals surface area (Å²) in [6.45, 7) is 3.98. The van der Waals surface area contributed by atoms with E-state index in [-0.39, 0.29) is 10.6 Å². The Morgan fingerprint density at radius 1 is 1.10 bits per heavy atom. The number of nitro groups is 1. The molecule has 6 heteroatoms. The third-order valence-corrected chi connectivity index (χ3v) is 3.50. The van der Waals surface area contributed by atoms with Crippen LogP contribution in [0.25, 0.3) is 10.8 Å². The van der Waals surface area contributed by atoms with Gasteiger partial charge >= 0.3 is 0 Å². The monoisotopic (exact) mass is 282 g/mol. The number of non-ortho nitro benzene ring substituents is 1. The second-order valence-electron chi connectivity index (χ2n) is 4.87. The van der Waals surface area contributed by atoms with Gasteiger partial charge in [0.25, 0.3) is 5.69 Å². The smallest absolute Gasteiger partial charge is 0.277 e. The standard InChI is InChI=1S/C15H14N4O2/c1-10-3-4-11(2)18(10)17-14-5-6-15(19(20)21)12-7-8-16-9-13(12)14/h3-9,17H,1-2H3. The van der Waals surface area contributed by atoms with Crippen LogP contribution in [-0.2, 0) is 0 Å². The highest BCUT2D eigenvalue weighted by Gasteiger charge is 2.14. The molecule has 0 radical (unpaired) electrons. The van der Waals surface area contributed by atoms with E-state index in [1.807, 2.05) is 30.7 Å². The Hall–Kier alpha value is -2.89. The second kappa shape index (κ2) is 4.90. The summed E-state index contributed by atoms with van der Waals surface area (Å²) in [5, 5.41) is 12.4. The third kappa shape index (κ3) is 2.20. The van der Waals surface area contributed by atoms with E-state index in [4.69, 9.17) is 0 Å². The highest BCUT2D eigenvalue weighted by Crippen LogP contribution is 2.31. The molecule has 0 aliphatic rings. The zero-order valence-corrected chi connectivity index (χ0v) is 11.7. The highest BCUT2D eigenvalue weighted by atomic mass is 16.6. The van der Waals surface area contributed by atoms with Gasteiger partial charge in [0.05, 0.1) is 16.0 Å². The molecule has 0 saturated carbocycles. The second-order valence-corrected chi connectivity index (χ2v) is 4.87. The number of hydrogen-bond acceptors (Lipinski definition) is 4. The molecule has 0 fully saturated rings. The Kier molecular flexibility index (Phi) is 3.06. The van der Waals surface area contributed by atoms with Gasteiger partial charge in [-0.2, -0.15) is 0 Å². The minimum Gasteiger partial charge on any atom is -0.294 e. The highest BCUT2D eigenvalue weighted by molar-refractivity contribution is 5.99. The number of nitrogens with zero attached hydrogens (tertiary/aromatic N) is 3. The fourth-order valence-corrected chi connectivity index (χ4v) is 2.40. The molecule has 1 N–H and O–H groups in total. The molecule has 0 spiro atoms. The van der Waals surface area contributed by atoms with Crippen molar-refractivity contribution in [3.63, 3.8) is 0 Å². The van der Waals surface area contributed by atoms with E-state index in [0.717, 1.165) is 22.5 Å². The fraction of sp³-hybridized carbons (Fsp3) is 0.133. The van der Waals surface area contributed by atoms with Gasteiger partial charge in [-0.15, -0.1) is 0 Å². The lowest BCUT2D eigenvalue weighted by Gasteiger charge is -2.14. The Bertz CT molecular complexity index is 819. The molecule has 1 aromatic carbocycles. The average Bonchev–Trinajstić information content (AvgIpc) is 2.79. The van der Waals surface area contributed by atoms with Crippen molar-refractivity contribution in [1.82, 2.24) is 9.66 Å². The predicted molar refractivity (Wildman–Crippen MR) is 81.3 cm³/mol. The lowest BCUT2D eigenvalue weighted by atomic mass is 10.1. The Balaban J connectivity index is 2.16. The number of pyridine rings is 1.